The summed E-state index contributed by atoms with van der Waals surface area (Å²) in [5, 5.41) is 7.14. The van der Waals surface area contributed by atoms with E-state index in [1.165, 1.54) is 6.26 Å². The van der Waals surface area contributed by atoms with E-state index in [2.05, 4.69) is 10.4 Å². The van der Waals surface area contributed by atoms with Crippen LogP contribution in [0, 0.1) is 0 Å². The lowest BCUT2D eigenvalue weighted by atomic mass is 10.2. The third-order valence-electron chi connectivity index (χ3n) is 3.05. The number of hydrogen-bond acceptors (Lipinski definition) is 4. The normalized spacial score (nSPS) is 25.9. The van der Waals surface area contributed by atoms with Gasteiger partial charge < -0.3 is 5.32 Å². The van der Waals surface area contributed by atoms with Crippen LogP contribution >= 0.6 is 0 Å². The van der Waals surface area contributed by atoms with Crippen molar-refractivity contribution >= 4 is 15.7 Å². The van der Waals surface area contributed by atoms with Crippen molar-refractivity contribution < 1.29 is 8.42 Å². The van der Waals surface area contributed by atoms with Gasteiger partial charge in [0.05, 0.1) is 5.25 Å². The number of nitrogens with zero attached hydrogens (tertiary/aromatic N) is 2. The number of aryl methyl sites for hydroxylation is 1. The average molecular weight is 243 g/mol. The van der Waals surface area contributed by atoms with Crippen molar-refractivity contribution in [3.8, 4) is 0 Å². The summed E-state index contributed by atoms with van der Waals surface area (Å²) in [7, 11) is -1.12. The number of sulfone groups is 1. The van der Waals surface area contributed by atoms with E-state index >= 15 is 0 Å². The van der Waals surface area contributed by atoms with Crippen LogP contribution in [0.1, 0.15) is 19.3 Å². The molecule has 2 unspecified atom stereocenters. The molecule has 2 atom stereocenters. The lowest BCUT2D eigenvalue weighted by Gasteiger charge is -2.18. The van der Waals surface area contributed by atoms with E-state index in [1.807, 2.05) is 19.3 Å². The van der Waals surface area contributed by atoms with Gasteiger partial charge in [-0.2, -0.15) is 5.10 Å². The van der Waals surface area contributed by atoms with E-state index in [1.54, 1.807) is 4.68 Å². The van der Waals surface area contributed by atoms with E-state index < -0.39 is 9.84 Å². The van der Waals surface area contributed by atoms with Crippen molar-refractivity contribution in [3.63, 3.8) is 0 Å². The molecule has 1 heterocycles. The Labute approximate surface area is 95.8 Å². The SMILES string of the molecule is Cn1ccc(NC2CCCC2S(C)(=O)=O)n1. The molecule has 1 aliphatic rings. The zero-order valence-corrected chi connectivity index (χ0v) is 10.4. The fourth-order valence-electron chi connectivity index (χ4n) is 2.29. The summed E-state index contributed by atoms with van der Waals surface area (Å²) in [6.07, 6.45) is 5.77. The van der Waals surface area contributed by atoms with Gasteiger partial charge in [0.2, 0.25) is 0 Å². The molecule has 0 spiro atoms. The molecule has 5 nitrogen and oxygen atoms in total. The summed E-state index contributed by atoms with van der Waals surface area (Å²) in [4.78, 5) is 0. The number of hydrogen-bond donors (Lipinski definition) is 1. The minimum absolute atomic E-state index is 0.00454. The molecule has 1 N–H and O–H groups in total. The molecular formula is C10H17N3O2S. The monoisotopic (exact) mass is 243 g/mol. The maximum atomic E-state index is 11.6. The topological polar surface area (TPSA) is 64.0 Å². The fourth-order valence-corrected chi connectivity index (χ4v) is 3.68. The number of aromatic nitrogens is 2. The third-order valence-corrected chi connectivity index (χ3v) is 4.71. The molecule has 90 valence electrons. The van der Waals surface area contributed by atoms with Crippen LogP contribution in [0.5, 0.6) is 0 Å². The minimum atomic E-state index is -2.96. The molecule has 0 aromatic carbocycles. The van der Waals surface area contributed by atoms with Gasteiger partial charge in [-0.25, -0.2) is 8.42 Å². The standard InChI is InChI=1S/C10H17N3O2S/c1-13-7-6-10(12-13)11-8-4-3-5-9(8)16(2,14)15/h6-9H,3-5H2,1-2H3,(H,11,12). The van der Waals surface area contributed by atoms with Gasteiger partial charge in [-0.15, -0.1) is 0 Å². The summed E-state index contributed by atoms with van der Waals surface area (Å²) >= 11 is 0. The van der Waals surface area contributed by atoms with Crippen LogP contribution in [0.2, 0.25) is 0 Å². The van der Waals surface area contributed by atoms with Gasteiger partial charge in [-0.1, -0.05) is 0 Å². The molecule has 0 amide bonds. The lowest BCUT2D eigenvalue weighted by molar-refractivity contribution is 0.579. The molecule has 0 saturated heterocycles. The minimum Gasteiger partial charge on any atom is -0.365 e. The Hall–Kier alpha value is -1.04. The Morgan fingerprint density at radius 1 is 1.50 bits per heavy atom. The molecular weight excluding hydrogens is 226 g/mol. The summed E-state index contributed by atoms with van der Waals surface area (Å²) in [5.41, 5.74) is 0. The van der Waals surface area contributed by atoms with Crippen LogP contribution in [0.3, 0.4) is 0 Å². The van der Waals surface area contributed by atoms with Crippen LogP contribution in [0.25, 0.3) is 0 Å². The molecule has 1 saturated carbocycles. The Morgan fingerprint density at radius 2 is 2.25 bits per heavy atom. The first-order valence-electron chi connectivity index (χ1n) is 5.42. The molecule has 16 heavy (non-hydrogen) atoms. The van der Waals surface area contributed by atoms with Crippen LogP contribution in [0.15, 0.2) is 12.3 Å². The summed E-state index contributed by atoms with van der Waals surface area (Å²) in [5.74, 6) is 0.753. The van der Waals surface area contributed by atoms with E-state index in [0.29, 0.717) is 0 Å². The van der Waals surface area contributed by atoms with Crippen molar-refractivity contribution in [2.75, 3.05) is 11.6 Å². The average Bonchev–Trinajstić information content (AvgIpc) is 2.74. The molecule has 1 fully saturated rings. The summed E-state index contributed by atoms with van der Waals surface area (Å²) in [6.45, 7) is 0. The first kappa shape index (κ1) is 11.4. The van der Waals surface area contributed by atoms with E-state index in [4.69, 9.17) is 0 Å². The van der Waals surface area contributed by atoms with Crippen molar-refractivity contribution in [3.05, 3.63) is 12.3 Å². The largest absolute Gasteiger partial charge is 0.365 e. The first-order valence-corrected chi connectivity index (χ1v) is 7.37. The fraction of sp³-hybridized carbons (Fsp3) is 0.700. The zero-order chi connectivity index (χ0) is 11.8. The maximum Gasteiger partial charge on any atom is 0.152 e. The van der Waals surface area contributed by atoms with Crippen molar-refractivity contribution in [2.24, 2.45) is 7.05 Å². The zero-order valence-electron chi connectivity index (χ0n) is 9.55. The van der Waals surface area contributed by atoms with Crippen LogP contribution < -0.4 is 5.32 Å². The lowest BCUT2D eigenvalue weighted by Crippen LogP contribution is -2.34. The molecule has 1 aromatic rings. The van der Waals surface area contributed by atoms with Gasteiger partial charge >= 0.3 is 0 Å². The second kappa shape index (κ2) is 4.08. The molecule has 1 aliphatic carbocycles. The van der Waals surface area contributed by atoms with Crippen molar-refractivity contribution in [1.29, 1.82) is 0 Å². The van der Waals surface area contributed by atoms with Gasteiger partial charge in [0.15, 0.2) is 9.84 Å². The van der Waals surface area contributed by atoms with E-state index in [0.717, 1.165) is 25.1 Å². The third kappa shape index (κ3) is 2.37. The Balaban J connectivity index is 2.10. The number of rotatable bonds is 3. The molecule has 0 bridgehead atoms. The van der Waals surface area contributed by atoms with Crippen LogP contribution in [-0.4, -0.2) is 35.7 Å². The molecule has 1 aromatic heterocycles. The highest BCUT2D eigenvalue weighted by molar-refractivity contribution is 7.91. The van der Waals surface area contributed by atoms with Gasteiger partial charge in [0.25, 0.3) is 0 Å². The highest BCUT2D eigenvalue weighted by Gasteiger charge is 2.34. The Kier molecular flexibility index (Phi) is 2.92. The number of anilines is 1. The van der Waals surface area contributed by atoms with Crippen molar-refractivity contribution in [1.82, 2.24) is 9.78 Å². The summed E-state index contributed by atoms with van der Waals surface area (Å²) in [6, 6.07) is 1.86. The predicted octanol–water partition coefficient (Wildman–Crippen LogP) is 0.798. The quantitative estimate of drug-likeness (QED) is 0.853. The van der Waals surface area contributed by atoms with Gasteiger partial charge in [0.1, 0.15) is 5.82 Å². The maximum absolute atomic E-state index is 11.6. The van der Waals surface area contributed by atoms with Crippen molar-refractivity contribution in [2.45, 2.75) is 30.6 Å². The second-order valence-corrected chi connectivity index (χ2v) is 6.69. The first-order chi connectivity index (χ1) is 7.47. The molecule has 0 radical (unpaired) electrons. The highest BCUT2D eigenvalue weighted by atomic mass is 32.2. The van der Waals surface area contributed by atoms with E-state index in [-0.39, 0.29) is 11.3 Å². The molecule has 0 aliphatic heterocycles. The number of nitrogens with one attached hydrogen (secondary N) is 1. The van der Waals surface area contributed by atoms with Gasteiger partial charge in [-0.05, 0) is 19.3 Å². The van der Waals surface area contributed by atoms with Gasteiger partial charge in [0, 0.05) is 31.6 Å². The predicted molar refractivity (Wildman–Crippen MR) is 63.1 cm³/mol. The molecule has 6 heteroatoms. The summed E-state index contributed by atoms with van der Waals surface area (Å²) < 4.78 is 24.8. The molecule has 2 rings (SSSR count). The van der Waals surface area contributed by atoms with Crippen LogP contribution in [-0.2, 0) is 16.9 Å². The highest BCUT2D eigenvalue weighted by Crippen LogP contribution is 2.27. The second-order valence-electron chi connectivity index (χ2n) is 4.42. The van der Waals surface area contributed by atoms with Gasteiger partial charge in [-0.3, -0.25) is 4.68 Å². The Morgan fingerprint density at radius 3 is 2.81 bits per heavy atom. The van der Waals surface area contributed by atoms with E-state index in [9.17, 15) is 8.42 Å². The smallest absolute Gasteiger partial charge is 0.152 e. The van der Waals surface area contributed by atoms with Crippen LogP contribution in [0.4, 0.5) is 5.82 Å². The Bertz CT molecular complexity index is 466.